The van der Waals surface area contributed by atoms with Crippen LogP contribution in [0.5, 0.6) is 11.5 Å². The van der Waals surface area contributed by atoms with Crippen molar-refractivity contribution >= 4 is 12.0 Å². The van der Waals surface area contributed by atoms with Gasteiger partial charge in [0.1, 0.15) is 0 Å². The molecular formula is C24H29NO3. The van der Waals surface area contributed by atoms with Crippen LogP contribution >= 0.6 is 0 Å². The summed E-state index contributed by atoms with van der Waals surface area (Å²) in [5.74, 6) is 1.45. The average Bonchev–Trinajstić information content (AvgIpc) is 3.15. The van der Waals surface area contributed by atoms with E-state index in [9.17, 15) is 4.79 Å². The highest BCUT2D eigenvalue weighted by molar-refractivity contribution is 5.92. The second-order valence-corrected chi connectivity index (χ2v) is 7.43. The van der Waals surface area contributed by atoms with Gasteiger partial charge in [0.25, 0.3) is 0 Å². The molecule has 1 amide bonds. The third kappa shape index (κ3) is 5.16. The summed E-state index contributed by atoms with van der Waals surface area (Å²) in [7, 11) is 1.62. The van der Waals surface area contributed by atoms with E-state index in [0.29, 0.717) is 11.5 Å². The van der Waals surface area contributed by atoms with Crippen molar-refractivity contribution in [1.82, 2.24) is 4.90 Å². The van der Waals surface area contributed by atoms with Crippen molar-refractivity contribution in [3.63, 3.8) is 0 Å². The molecule has 3 rings (SSSR count). The highest BCUT2D eigenvalue weighted by Gasteiger charge is 2.27. The number of nitrogens with zero attached hydrogens (tertiary/aromatic N) is 1. The SMILES string of the molecule is COc1cc(/C=C/C(=O)N2CCCC2Cc2ccccc2)ccc1OC(C)C. The number of likely N-dealkylation sites (tertiary alicyclic amines) is 1. The van der Waals surface area contributed by atoms with Crippen molar-refractivity contribution in [2.75, 3.05) is 13.7 Å². The Kier molecular flexibility index (Phi) is 6.75. The molecule has 2 aromatic rings. The molecule has 148 valence electrons. The first kappa shape index (κ1) is 20.0. The molecular weight excluding hydrogens is 350 g/mol. The normalized spacial score (nSPS) is 16.7. The third-order valence-corrected chi connectivity index (χ3v) is 4.94. The first-order valence-corrected chi connectivity index (χ1v) is 9.94. The largest absolute Gasteiger partial charge is 0.493 e. The lowest BCUT2D eigenvalue weighted by Gasteiger charge is -2.23. The fourth-order valence-corrected chi connectivity index (χ4v) is 3.63. The second kappa shape index (κ2) is 9.45. The van der Waals surface area contributed by atoms with Gasteiger partial charge in [-0.3, -0.25) is 4.79 Å². The Bertz CT molecular complexity index is 814. The predicted octanol–water partition coefficient (Wildman–Crippen LogP) is 4.73. The highest BCUT2D eigenvalue weighted by atomic mass is 16.5. The summed E-state index contributed by atoms with van der Waals surface area (Å²) < 4.78 is 11.2. The molecule has 0 bridgehead atoms. The van der Waals surface area contributed by atoms with E-state index in [1.165, 1.54) is 5.56 Å². The number of benzene rings is 2. The van der Waals surface area contributed by atoms with Crippen molar-refractivity contribution in [1.29, 1.82) is 0 Å². The molecule has 28 heavy (non-hydrogen) atoms. The van der Waals surface area contributed by atoms with Crippen LogP contribution < -0.4 is 9.47 Å². The lowest BCUT2D eigenvalue weighted by atomic mass is 10.0. The Morgan fingerprint density at radius 2 is 1.96 bits per heavy atom. The summed E-state index contributed by atoms with van der Waals surface area (Å²) in [5.41, 5.74) is 2.20. The third-order valence-electron chi connectivity index (χ3n) is 4.94. The zero-order chi connectivity index (χ0) is 19.9. The molecule has 1 saturated heterocycles. The van der Waals surface area contributed by atoms with Gasteiger partial charge in [0.15, 0.2) is 11.5 Å². The fourth-order valence-electron chi connectivity index (χ4n) is 3.63. The smallest absolute Gasteiger partial charge is 0.246 e. The van der Waals surface area contributed by atoms with E-state index in [2.05, 4.69) is 24.3 Å². The Balaban J connectivity index is 1.67. The molecule has 1 heterocycles. The van der Waals surface area contributed by atoms with Gasteiger partial charge in [0.05, 0.1) is 13.2 Å². The van der Waals surface area contributed by atoms with Gasteiger partial charge in [-0.05, 0) is 62.4 Å². The van der Waals surface area contributed by atoms with Crippen LogP contribution in [0.2, 0.25) is 0 Å². The summed E-state index contributed by atoms with van der Waals surface area (Å²) in [6, 6.07) is 16.4. The van der Waals surface area contributed by atoms with Gasteiger partial charge in [-0.2, -0.15) is 0 Å². The maximum atomic E-state index is 12.8. The van der Waals surface area contributed by atoms with Crippen LogP contribution in [0.1, 0.15) is 37.8 Å². The van der Waals surface area contributed by atoms with Gasteiger partial charge < -0.3 is 14.4 Å². The highest BCUT2D eigenvalue weighted by Crippen LogP contribution is 2.29. The average molecular weight is 380 g/mol. The van der Waals surface area contributed by atoms with Gasteiger partial charge in [-0.25, -0.2) is 0 Å². The van der Waals surface area contributed by atoms with Crippen molar-refractivity contribution in [2.45, 2.75) is 45.3 Å². The molecule has 0 aromatic heterocycles. The maximum absolute atomic E-state index is 12.8. The minimum atomic E-state index is 0.0694. The quantitative estimate of drug-likeness (QED) is 0.653. The Hall–Kier alpha value is -2.75. The zero-order valence-electron chi connectivity index (χ0n) is 16.9. The molecule has 0 spiro atoms. The Morgan fingerprint density at radius 1 is 1.18 bits per heavy atom. The molecule has 4 heteroatoms. The summed E-state index contributed by atoms with van der Waals surface area (Å²) in [6.07, 6.45) is 6.63. The number of ether oxygens (including phenoxy) is 2. The lowest BCUT2D eigenvalue weighted by molar-refractivity contribution is -0.126. The molecule has 1 aliphatic heterocycles. The first-order valence-electron chi connectivity index (χ1n) is 9.94. The lowest BCUT2D eigenvalue weighted by Crippen LogP contribution is -2.35. The molecule has 0 aliphatic carbocycles. The number of rotatable bonds is 7. The predicted molar refractivity (Wildman–Crippen MR) is 113 cm³/mol. The molecule has 0 N–H and O–H groups in total. The summed E-state index contributed by atoms with van der Waals surface area (Å²) >= 11 is 0. The van der Waals surface area contributed by atoms with Crippen LogP contribution in [-0.4, -0.2) is 36.6 Å². The van der Waals surface area contributed by atoms with Crippen LogP contribution in [0, 0.1) is 0 Å². The maximum Gasteiger partial charge on any atom is 0.246 e. The number of carbonyl (C=O) groups is 1. The van der Waals surface area contributed by atoms with Crippen LogP contribution in [0.15, 0.2) is 54.6 Å². The van der Waals surface area contributed by atoms with Crippen LogP contribution in [0.3, 0.4) is 0 Å². The number of methoxy groups -OCH3 is 1. The number of hydrogen-bond donors (Lipinski definition) is 0. The van der Waals surface area contributed by atoms with Gasteiger partial charge in [-0.15, -0.1) is 0 Å². The van der Waals surface area contributed by atoms with Crippen LogP contribution in [0.25, 0.3) is 6.08 Å². The molecule has 1 unspecified atom stereocenters. The van der Waals surface area contributed by atoms with Crippen molar-refractivity contribution in [2.24, 2.45) is 0 Å². The van der Waals surface area contributed by atoms with Gasteiger partial charge in [0.2, 0.25) is 5.91 Å². The standard InChI is InChI=1S/C24H29NO3/c1-18(2)28-22-13-11-20(17-23(22)27-3)12-14-24(26)25-15-7-10-21(25)16-19-8-5-4-6-9-19/h4-6,8-9,11-14,17-18,21H,7,10,15-16H2,1-3H3/b14-12+. The Morgan fingerprint density at radius 3 is 2.68 bits per heavy atom. The van der Waals surface area contributed by atoms with E-state index in [-0.39, 0.29) is 18.1 Å². The van der Waals surface area contributed by atoms with Crippen LogP contribution in [-0.2, 0) is 11.2 Å². The molecule has 2 aromatic carbocycles. The Labute approximate surface area is 167 Å². The summed E-state index contributed by atoms with van der Waals surface area (Å²) in [6.45, 7) is 4.78. The molecule has 4 nitrogen and oxygen atoms in total. The summed E-state index contributed by atoms with van der Waals surface area (Å²) in [5, 5.41) is 0. The number of amides is 1. The van der Waals surface area contributed by atoms with Crippen molar-refractivity contribution in [3.05, 3.63) is 65.7 Å². The zero-order valence-corrected chi connectivity index (χ0v) is 16.9. The second-order valence-electron chi connectivity index (χ2n) is 7.43. The van der Waals surface area contributed by atoms with Crippen molar-refractivity contribution < 1.29 is 14.3 Å². The van der Waals surface area contributed by atoms with E-state index < -0.39 is 0 Å². The monoisotopic (exact) mass is 379 g/mol. The van der Waals surface area contributed by atoms with E-state index >= 15 is 0 Å². The summed E-state index contributed by atoms with van der Waals surface area (Å²) in [4.78, 5) is 14.8. The van der Waals surface area contributed by atoms with Gasteiger partial charge in [-0.1, -0.05) is 36.4 Å². The van der Waals surface area contributed by atoms with Gasteiger partial charge in [0, 0.05) is 18.7 Å². The van der Waals surface area contributed by atoms with Gasteiger partial charge >= 0.3 is 0 Å². The van der Waals surface area contributed by atoms with Crippen molar-refractivity contribution in [3.8, 4) is 11.5 Å². The van der Waals surface area contributed by atoms with E-state index in [0.717, 1.165) is 31.4 Å². The van der Waals surface area contributed by atoms with E-state index in [1.807, 2.05) is 49.1 Å². The number of carbonyl (C=O) groups excluding carboxylic acids is 1. The van der Waals surface area contributed by atoms with Crippen LogP contribution in [0.4, 0.5) is 0 Å². The fraction of sp³-hybridized carbons (Fsp3) is 0.375. The molecule has 0 saturated carbocycles. The molecule has 1 atom stereocenters. The molecule has 1 aliphatic rings. The van der Waals surface area contributed by atoms with E-state index in [1.54, 1.807) is 13.2 Å². The van der Waals surface area contributed by atoms with E-state index in [4.69, 9.17) is 9.47 Å². The minimum Gasteiger partial charge on any atom is -0.493 e. The minimum absolute atomic E-state index is 0.0694. The first-order chi connectivity index (χ1) is 13.6. The molecule has 1 fully saturated rings. The topological polar surface area (TPSA) is 38.8 Å². The number of hydrogen-bond acceptors (Lipinski definition) is 3. The molecule has 0 radical (unpaired) electrons.